The zero-order valence-corrected chi connectivity index (χ0v) is 27.6. The van der Waals surface area contributed by atoms with Crippen LogP contribution in [0.5, 0.6) is 0 Å². The molecule has 0 atom stereocenters. The Labute approximate surface area is 293 Å². The second-order valence-electron chi connectivity index (χ2n) is 13.4. The summed E-state index contributed by atoms with van der Waals surface area (Å²) in [6.45, 7) is 0. The van der Waals surface area contributed by atoms with Gasteiger partial charge in [-0.1, -0.05) is 109 Å². The van der Waals surface area contributed by atoms with Crippen molar-refractivity contribution in [3.63, 3.8) is 0 Å². The van der Waals surface area contributed by atoms with Crippen LogP contribution in [0.2, 0.25) is 0 Å². The van der Waals surface area contributed by atoms with Gasteiger partial charge in [0.2, 0.25) is 0 Å². The number of hydrogen-bond acceptors (Lipinski definition) is 1. The lowest BCUT2D eigenvalue weighted by atomic mass is 10.0. The third-order valence-electron chi connectivity index (χ3n) is 10.5. The Balaban J connectivity index is 1.03. The Morgan fingerprint density at radius 3 is 1.57 bits per heavy atom. The van der Waals surface area contributed by atoms with E-state index in [4.69, 9.17) is 4.42 Å². The van der Waals surface area contributed by atoms with Crippen LogP contribution in [-0.4, -0.2) is 9.13 Å². The normalized spacial score (nSPS) is 11.9. The topological polar surface area (TPSA) is 23.0 Å². The molecular formula is C48H30N2O. The van der Waals surface area contributed by atoms with E-state index < -0.39 is 0 Å². The summed E-state index contributed by atoms with van der Waals surface area (Å²) in [7, 11) is 0. The molecule has 0 aliphatic rings. The van der Waals surface area contributed by atoms with Crippen molar-refractivity contribution in [3.05, 3.63) is 182 Å². The van der Waals surface area contributed by atoms with Gasteiger partial charge >= 0.3 is 0 Å². The number of hydrogen-bond donors (Lipinski definition) is 0. The third-order valence-corrected chi connectivity index (χ3v) is 10.5. The van der Waals surface area contributed by atoms with Gasteiger partial charge in [-0.2, -0.15) is 0 Å². The molecule has 11 rings (SSSR count). The van der Waals surface area contributed by atoms with Gasteiger partial charge in [0.15, 0.2) is 0 Å². The Morgan fingerprint density at radius 1 is 0.275 bits per heavy atom. The average molecular weight is 651 g/mol. The lowest BCUT2D eigenvalue weighted by Gasteiger charge is -2.11. The zero-order valence-electron chi connectivity index (χ0n) is 27.6. The molecule has 51 heavy (non-hydrogen) atoms. The first-order valence-corrected chi connectivity index (χ1v) is 17.4. The minimum Gasteiger partial charge on any atom is -0.456 e. The molecule has 0 unspecified atom stereocenters. The molecule has 8 aromatic carbocycles. The van der Waals surface area contributed by atoms with Crippen LogP contribution in [0.15, 0.2) is 186 Å². The fourth-order valence-electron chi connectivity index (χ4n) is 8.14. The van der Waals surface area contributed by atoms with E-state index in [0.29, 0.717) is 0 Å². The highest BCUT2D eigenvalue weighted by Gasteiger charge is 2.16. The lowest BCUT2D eigenvalue weighted by molar-refractivity contribution is 0.669. The molecule has 3 nitrogen and oxygen atoms in total. The summed E-state index contributed by atoms with van der Waals surface area (Å²) in [6.07, 6.45) is 0. The van der Waals surface area contributed by atoms with Crippen LogP contribution in [-0.2, 0) is 0 Å². The van der Waals surface area contributed by atoms with E-state index in [9.17, 15) is 0 Å². The maximum atomic E-state index is 6.08. The van der Waals surface area contributed by atoms with Gasteiger partial charge in [0.05, 0.1) is 22.1 Å². The highest BCUT2D eigenvalue weighted by atomic mass is 16.3. The fraction of sp³-hybridized carbons (Fsp3) is 0. The molecule has 0 spiro atoms. The van der Waals surface area contributed by atoms with Gasteiger partial charge in [-0.3, -0.25) is 0 Å². The van der Waals surface area contributed by atoms with Crippen molar-refractivity contribution in [1.29, 1.82) is 0 Å². The average Bonchev–Trinajstić information content (AvgIpc) is 3.85. The predicted molar refractivity (Wildman–Crippen MR) is 213 cm³/mol. The van der Waals surface area contributed by atoms with Crippen LogP contribution < -0.4 is 0 Å². The van der Waals surface area contributed by atoms with Gasteiger partial charge in [0.1, 0.15) is 11.2 Å². The number of furan rings is 1. The summed E-state index contributed by atoms with van der Waals surface area (Å²) >= 11 is 0. The molecule has 11 aromatic rings. The summed E-state index contributed by atoms with van der Waals surface area (Å²) in [4.78, 5) is 0. The molecule has 3 aromatic heterocycles. The van der Waals surface area contributed by atoms with E-state index in [-0.39, 0.29) is 0 Å². The zero-order chi connectivity index (χ0) is 33.5. The summed E-state index contributed by atoms with van der Waals surface area (Å²) < 4.78 is 10.9. The molecular weight excluding hydrogens is 621 g/mol. The molecule has 3 heteroatoms. The predicted octanol–water partition coefficient (Wildman–Crippen LogP) is 13.1. The van der Waals surface area contributed by atoms with Gasteiger partial charge < -0.3 is 13.6 Å². The summed E-state index contributed by atoms with van der Waals surface area (Å²) in [5, 5.41) is 7.31. The first-order valence-electron chi connectivity index (χ1n) is 17.4. The quantitative estimate of drug-likeness (QED) is 0.186. The van der Waals surface area contributed by atoms with Crippen molar-refractivity contribution in [2.24, 2.45) is 0 Å². The Morgan fingerprint density at radius 2 is 0.765 bits per heavy atom. The lowest BCUT2D eigenvalue weighted by Crippen LogP contribution is -1.94. The molecule has 238 valence electrons. The molecule has 0 saturated carbocycles. The highest BCUT2D eigenvalue weighted by Crippen LogP contribution is 2.39. The van der Waals surface area contributed by atoms with Gasteiger partial charge in [0.25, 0.3) is 0 Å². The number of rotatable bonds is 4. The Kier molecular flexibility index (Phi) is 5.96. The Hall–Kier alpha value is -6.84. The molecule has 0 aliphatic carbocycles. The monoisotopic (exact) mass is 650 g/mol. The minimum absolute atomic E-state index is 0.916. The number of fused-ring (bicyclic) bond motifs is 9. The van der Waals surface area contributed by atoms with Gasteiger partial charge in [0, 0.05) is 43.7 Å². The molecule has 0 fully saturated rings. The molecule has 0 N–H and O–H groups in total. The summed E-state index contributed by atoms with van der Waals surface area (Å²) in [5.41, 5.74) is 13.7. The maximum Gasteiger partial charge on any atom is 0.135 e. The van der Waals surface area contributed by atoms with E-state index >= 15 is 0 Å². The SMILES string of the molecule is c1ccc(-n2c3ccccc3c3ccc(-c4ccc5c(c4)c4ccccc4n5-c4ccc(-c5ccc6oc7ccccc7c6c5)cc4)cc32)cc1. The minimum atomic E-state index is 0.916. The van der Waals surface area contributed by atoms with E-state index in [1.165, 1.54) is 71.6 Å². The van der Waals surface area contributed by atoms with E-state index in [2.05, 4.69) is 179 Å². The van der Waals surface area contributed by atoms with Crippen LogP contribution in [0.3, 0.4) is 0 Å². The van der Waals surface area contributed by atoms with E-state index in [0.717, 1.165) is 27.6 Å². The molecule has 3 heterocycles. The molecule has 0 amide bonds. The third kappa shape index (κ3) is 4.25. The number of nitrogens with zero attached hydrogens (tertiary/aromatic N) is 2. The van der Waals surface area contributed by atoms with Gasteiger partial charge in [-0.25, -0.2) is 0 Å². The van der Waals surface area contributed by atoms with Crippen molar-refractivity contribution in [2.45, 2.75) is 0 Å². The van der Waals surface area contributed by atoms with Crippen LogP contribution in [0.1, 0.15) is 0 Å². The first kappa shape index (κ1) is 28.0. The number of aromatic nitrogens is 2. The van der Waals surface area contributed by atoms with Crippen molar-refractivity contribution < 1.29 is 4.42 Å². The molecule has 0 bridgehead atoms. The molecule has 0 aliphatic heterocycles. The van der Waals surface area contributed by atoms with Crippen molar-refractivity contribution in [3.8, 4) is 33.6 Å². The fourth-order valence-corrected chi connectivity index (χ4v) is 8.14. The number of benzene rings is 8. The van der Waals surface area contributed by atoms with Crippen molar-refractivity contribution >= 4 is 65.6 Å². The summed E-state index contributed by atoms with van der Waals surface area (Å²) in [6, 6.07) is 65.6. The van der Waals surface area contributed by atoms with E-state index in [1.54, 1.807) is 0 Å². The first-order chi connectivity index (χ1) is 25.3. The molecule has 0 saturated heterocycles. The Bertz CT molecular complexity index is 3120. The second kappa shape index (κ2) is 10.8. The van der Waals surface area contributed by atoms with Crippen LogP contribution in [0.4, 0.5) is 0 Å². The van der Waals surface area contributed by atoms with Crippen molar-refractivity contribution in [2.75, 3.05) is 0 Å². The van der Waals surface area contributed by atoms with Crippen LogP contribution in [0, 0.1) is 0 Å². The maximum absolute atomic E-state index is 6.08. The van der Waals surface area contributed by atoms with Crippen LogP contribution >= 0.6 is 0 Å². The molecule has 0 radical (unpaired) electrons. The number of para-hydroxylation sites is 4. The van der Waals surface area contributed by atoms with Gasteiger partial charge in [-0.05, 0) is 95.1 Å². The standard InChI is InChI=1S/C48H30N2O/c1-2-10-35(11-3-1)50-43-15-7-4-12-37(43)39-25-20-34(30-46(39)50)33-21-26-45-41(28-33)38-13-5-8-16-44(38)49(45)36-23-18-31(19-24-36)32-22-27-48-42(29-32)40-14-6-9-17-47(40)51-48/h1-30H. The summed E-state index contributed by atoms with van der Waals surface area (Å²) in [5.74, 6) is 0. The van der Waals surface area contributed by atoms with Gasteiger partial charge in [-0.15, -0.1) is 0 Å². The van der Waals surface area contributed by atoms with E-state index in [1.807, 2.05) is 12.1 Å². The highest BCUT2D eigenvalue weighted by molar-refractivity contribution is 6.12. The van der Waals surface area contributed by atoms with Crippen LogP contribution in [0.25, 0.3) is 99.2 Å². The van der Waals surface area contributed by atoms with Crippen molar-refractivity contribution in [1.82, 2.24) is 9.13 Å². The second-order valence-corrected chi connectivity index (χ2v) is 13.4. The smallest absolute Gasteiger partial charge is 0.135 e. The largest absolute Gasteiger partial charge is 0.456 e.